The number of hydrogen-bond acceptors (Lipinski definition) is 2. The van der Waals surface area contributed by atoms with E-state index in [1.54, 1.807) is 0 Å². The van der Waals surface area contributed by atoms with Crippen LogP contribution >= 0.6 is 0 Å². The quantitative estimate of drug-likeness (QED) is 0.811. The van der Waals surface area contributed by atoms with Crippen molar-refractivity contribution in [2.75, 3.05) is 0 Å². The number of nitrogens with two attached hydrogens (primary N) is 2. The third kappa shape index (κ3) is 3.22. The topological polar surface area (TPSA) is 52.0 Å². The van der Waals surface area contributed by atoms with Crippen LogP contribution in [0.15, 0.2) is 0 Å². The molecule has 4 unspecified atom stereocenters. The fourth-order valence-electron chi connectivity index (χ4n) is 5.10. The first-order valence-corrected chi connectivity index (χ1v) is 8.82. The molecular formula is C18H36N2. The lowest BCUT2D eigenvalue weighted by molar-refractivity contribution is 0.0672. The summed E-state index contributed by atoms with van der Waals surface area (Å²) in [6.07, 6.45) is 5.33. The van der Waals surface area contributed by atoms with E-state index in [2.05, 4.69) is 34.6 Å². The van der Waals surface area contributed by atoms with Gasteiger partial charge in [0.15, 0.2) is 0 Å². The highest BCUT2D eigenvalue weighted by Crippen LogP contribution is 2.44. The van der Waals surface area contributed by atoms with Gasteiger partial charge in [0.25, 0.3) is 0 Å². The average Bonchev–Trinajstić information content (AvgIpc) is 2.40. The van der Waals surface area contributed by atoms with Crippen molar-refractivity contribution in [1.82, 2.24) is 0 Å². The third-order valence-corrected chi connectivity index (χ3v) is 6.81. The van der Waals surface area contributed by atoms with E-state index in [9.17, 15) is 0 Å². The molecule has 0 aromatic carbocycles. The molecular weight excluding hydrogens is 244 g/mol. The fourth-order valence-corrected chi connectivity index (χ4v) is 5.10. The van der Waals surface area contributed by atoms with E-state index < -0.39 is 0 Å². The van der Waals surface area contributed by atoms with Crippen LogP contribution in [0.25, 0.3) is 0 Å². The Morgan fingerprint density at radius 3 is 1.15 bits per heavy atom. The molecule has 0 spiro atoms. The molecule has 0 aromatic heterocycles. The van der Waals surface area contributed by atoms with E-state index in [0.717, 1.165) is 17.8 Å². The van der Waals surface area contributed by atoms with Gasteiger partial charge >= 0.3 is 0 Å². The van der Waals surface area contributed by atoms with Crippen molar-refractivity contribution in [3.63, 3.8) is 0 Å². The monoisotopic (exact) mass is 280 g/mol. The minimum absolute atomic E-state index is 0.413. The first kappa shape index (κ1) is 16.3. The summed E-state index contributed by atoms with van der Waals surface area (Å²) in [5.74, 6) is 5.33. The molecule has 0 saturated heterocycles. The predicted octanol–water partition coefficient (Wildman–Crippen LogP) is 3.64. The minimum atomic E-state index is 0.413. The Bertz CT molecular complexity index is 263. The van der Waals surface area contributed by atoms with Crippen molar-refractivity contribution in [2.24, 2.45) is 52.9 Å². The lowest BCUT2D eigenvalue weighted by Crippen LogP contribution is -2.46. The van der Waals surface area contributed by atoms with E-state index in [1.165, 1.54) is 25.7 Å². The summed E-state index contributed by atoms with van der Waals surface area (Å²) >= 11 is 0. The van der Waals surface area contributed by atoms with Crippen LogP contribution in [0.4, 0.5) is 0 Å². The molecule has 2 fully saturated rings. The van der Waals surface area contributed by atoms with Gasteiger partial charge in [-0.1, -0.05) is 34.6 Å². The van der Waals surface area contributed by atoms with Crippen LogP contribution in [0.5, 0.6) is 0 Å². The zero-order valence-electron chi connectivity index (χ0n) is 14.2. The van der Waals surface area contributed by atoms with E-state index in [-0.39, 0.29) is 0 Å². The van der Waals surface area contributed by atoms with Crippen LogP contribution in [0.3, 0.4) is 0 Å². The molecule has 4 N–H and O–H groups in total. The van der Waals surface area contributed by atoms with Crippen LogP contribution in [-0.2, 0) is 0 Å². The summed E-state index contributed by atoms with van der Waals surface area (Å²) in [5, 5.41) is 0. The minimum Gasteiger partial charge on any atom is -0.327 e. The largest absolute Gasteiger partial charge is 0.327 e. The molecule has 0 bridgehead atoms. The summed E-state index contributed by atoms with van der Waals surface area (Å²) < 4.78 is 0. The molecule has 0 amide bonds. The van der Waals surface area contributed by atoms with Crippen molar-refractivity contribution in [3.8, 4) is 0 Å². The Hall–Kier alpha value is -0.0800. The second kappa shape index (κ2) is 6.36. The standard InChI is InChI=1S/C18H36N2/c1-10-6-15(7-11(2)17(10)19)14(5)16-8-12(3)18(20)13(4)9-16/h10-18H,6-9,19-20H2,1-5H3. The molecule has 2 nitrogen and oxygen atoms in total. The summed E-state index contributed by atoms with van der Waals surface area (Å²) in [7, 11) is 0. The van der Waals surface area contributed by atoms with Crippen LogP contribution < -0.4 is 11.5 Å². The molecule has 2 saturated carbocycles. The third-order valence-electron chi connectivity index (χ3n) is 6.81. The van der Waals surface area contributed by atoms with E-state index >= 15 is 0 Å². The smallest absolute Gasteiger partial charge is 0.00905 e. The van der Waals surface area contributed by atoms with Crippen molar-refractivity contribution in [2.45, 2.75) is 72.4 Å². The van der Waals surface area contributed by atoms with E-state index in [0.29, 0.717) is 35.8 Å². The van der Waals surface area contributed by atoms with Crippen LogP contribution in [0, 0.1) is 41.4 Å². The molecule has 0 radical (unpaired) electrons. The maximum absolute atomic E-state index is 6.31. The Morgan fingerprint density at radius 2 is 0.900 bits per heavy atom. The summed E-state index contributed by atoms with van der Waals surface area (Å²) in [6.45, 7) is 11.9. The SMILES string of the molecule is CC1CC(C(C)C2CC(C)C(N)C(C)C2)CC(C)C1N. The maximum Gasteiger partial charge on any atom is 0.00905 e. The summed E-state index contributed by atoms with van der Waals surface area (Å²) in [4.78, 5) is 0. The summed E-state index contributed by atoms with van der Waals surface area (Å²) in [5.41, 5.74) is 12.6. The van der Waals surface area contributed by atoms with E-state index in [1.807, 2.05) is 0 Å². The molecule has 2 rings (SSSR count). The zero-order chi connectivity index (χ0) is 15.0. The second-order valence-corrected chi connectivity index (χ2v) is 8.39. The van der Waals surface area contributed by atoms with Crippen molar-refractivity contribution in [3.05, 3.63) is 0 Å². The Kier molecular flexibility index (Phi) is 5.18. The Balaban J connectivity index is 1.99. The van der Waals surface area contributed by atoms with Gasteiger partial charge in [-0.25, -0.2) is 0 Å². The highest BCUT2D eigenvalue weighted by atomic mass is 14.7. The van der Waals surface area contributed by atoms with Gasteiger partial charge in [-0.15, -0.1) is 0 Å². The first-order chi connectivity index (χ1) is 9.31. The van der Waals surface area contributed by atoms with Crippen LogP contribution in [-0.4, -0.2) is 12.1 Å². The van der Waals surface area contributed by atoms with Gasteiger partial charge < -0.3 is 11.5 Å². The molecule has 2 heteroatoms. The molecule has 0 aromatic rings. The highest BCUT2D eigenvalue weighted by Gasteiger charge is 2.39. The summed E-state index contributed by atoms with van der Waals surface area (Å²) in [6, 6.07) is 0.826. The molecule has 0 aliphatic heterocycles. The van der Waals surface area contributed by atoms with E-state index in [4.69, 9.17) is 11.5 Å². The fraction of sp³-hybridized carbons (Fsp3) is 1.00. The molecule has 118 valence electrons. The number of hydrogen-bond donors (Lipinski definition) is 2. The van der Waals surface area contributed by atoms with Crippen molar-refractivity contribution < 1.29 is 0 Å². The normalized spacial score (nSPS) is 51.8. The predicted molar refractivity (Wildman–Crippen MR) is 87.2 cm³/mol. The molecule has 4 atom stereocenters. The lowest BCUT2D eigenvalue weighted by atomic mass is 9.62. The van der Waals surface area contributed by atoms with Gasteiger partial charge in [-0.2, -0.15) is 0 Å². The van der Waals surface area contributed by atoms with Crippen molar-refractivity contribution >= 4 is 0 Å². The van der Waals surface area contributed by atoms with Gasteiger partial charge in [-0.05, 0) is 67.1 Å². The van der Waals surface area contributed by atoms with Crippen LogP contribution in [0.2, 0.25) is 0 Å². The Labute approximate surface area is 126 Å². The number of rotatable bonds is 2. The van der Waals surface area contributed by atoms with Crippen molar-refractivity contribution in [1.29, 1.82) is 0 Å². The van der Waals surface area contributed by atoms with Gasteiger partial charge in [0, 0.05) is 12.1 Å². The molecule has 0 heterocycles. The maximum atomic E-state index is 6.31. The average molecular weight is 280 g/mol. The second-order valence-electron chi connectivity index (χ2n) is 8.39. The van der Waals surface area contributed by atoms with Gasteiger partial charge in [0.05, 0.1) is 0 Å². The van der Waals surface area contributed by atoms with Gasteiger partial charge in [0.1, 0.15) is 0 Å². The molecule has 2 aliphatic rings. The lowest BCUT2D eigenvalue weighted by Gasteiger charge is -2.45. The molecule has 20 heavy (non-hydrogen) atoms. The molecule has 2 aliphatic carbocycles. The highest BCUT2D eigenvalue weighted by molar-refractivity contribution is 4.92. The zero-order valence-corrected chi connectivity index (χ0v) is 14.2. The van der Waals surface area contributed by atoms with Gasteiger partial charge in [0.2, 0.25) is 0 Å². The van der Waals surface area contributed by atoms with Crippen LogP contribution in [0.1, 0.15) is 60.3 Å². The Morgan fingerprint density at radius 1 is 0.650 bits per heavy atom. The first-order valence-electron chi connectivity index (χ1n) is 8.82. The van der Waals surface area contributed by atoms with Gasteiger partial charge in [-0.3, -0.25) is 0 Å².